The van der Waals surface area contributed by atoms with Gasteiger partial charge in [-0.1, -0.05) is 20.8 Å². The maximum absolute atomic E-state index is 12.0. The zero-order valence-corrected chi connectivity index (χ0v) is 14.1. The predicted octanol–water partition coefficient (Wildman–Crippen LogP) is 4.81. The Bertz CT molecular complexity index is 641. The van der Waals surface area contributed by atoms with Gasteiger partial charge < -0.3 is 15.4 Å². The molecule has 1 amide bonds. The van der Waals surface area contributed by atoms with E-state index in [1.54, 1.807) is 0 Å². The predicted molar refractivity (Wildman–Crippen MR) is 95.4 cm³/mol. The first kappa shape index (κ1) is 16.9. The molecule has 2 aromatic carbocycles. The molecule has 2 aromatic rings. The molecule has 0 aliphatic rings. The van der Waals surface area contributed by atoms with E-state index in [1.165, 1.54) is 0 Å². The minimum atomic E-state index is -0.404. The monoisotopic (exact) mass is 312 g/mol. The molecule has 0 aliphatic carbocycles. The molecule has 2 N–H and O–H groups in total. The molecule has 0 spiro atoms. The van der Waals surface area contributed by atoms with Crippen LogP contribution in [0.25, 0.3) is 0 Å². The fraction of sp³-hybridized carbons (Fsp3) is 0.316. The summed E-state index contributed by atoms with van der Waals surface area (Å²) in [5, 5.41) is 6.23. The fourth-order valence-corrected chi connectivity index (χ4v) is 1.92. The Kier molecular flexibility index (Phi) is 5.27. The van der Waals surface area contributed by atoms with Crippen molar-refractivity contribution in [3.05, 3.63) is 48.5 Å². The molecular weight excluding hydrogens is 288 g/mol. The SMILES string of the molecule is CCOc1ccc(Nc2ccc(NC(=O)C(C)(C)C)cc2)cc1. The topological polar surface area (TPSA) is 50.4 Å². The van der Waals surface area contributed by atoms with Crippen molar-refractivity contribution in [1.29, 1.82) is 0 Å². The summed E-state index contributed by atoms with van der Waals surface area (Å²) in [6, 6.07) is 15.5. The van der Waals surface area contributed by atoms with E-state index in [-0.39, 0.29) is 5.91 Å². The molecule has 122 valence electrons. The second kappa shape index (κ2) is 7.18. The maximum atomic E-state index is 12.0. The number of nitrogens with one attached hydrogen (secondary N) is 2. The van der Waals surface area contributed by atoms with Crippen molar-refractivity contribution in [2.75, 3.05) is 17.2 Å². The van der Waals surface area contributed by atoms with Gasteiger partial charge in [-0.2, -0.15) is 0 Å². The van der Waals surface area contributed by atoms with E-state index >= 15 is 0 Å². The summed E-state index contributed by atoms with van der Waals surface area (Å²) >= 11 is 0. The highest BCUT2D eigenvalue weighted by atomic mass is 16.5. The second-order valence-corrected chi connectivity index (χ2v) is 6.36. The molecule has 0 atom stereocenters. The van der Waals surface area contributed by atoms with Gasteiger partial charge in [0.1, 0.15) is 5.75 Å². The standard InChI is InChI=1S/C19H24N2O2/c1-5-23-17-12-10-15(11-13-17)20-14-6-8-16(9-7-14)21-18(22)19(2,3)4/h6-13,20H,5H2,1-4H3,(H,21,22). The lowest BCUT2D eigenvalue weighted by molar-refractivity contribution is -0.123. The van der Waals surface area contributed by atoms with E-state index in [2.05, 4.69) is 10.6 Å². The van der Waals surface area contributed by atoms with Gasteiger partial charge in [-0.15, -0.1) is 0 Å². The fourth-order valence-electron chi connectivity index (χ4n) is 1.92. The highest BCUT2D eigenvalue weighted by molar-refractivity contribution is 5.94. The average molecular weight is 312 g/mol. The minimum absolute atomic E-state index is 0.00437. The second-order valence-electron chi connectivity index (χ2n) is 6.36. The van der Waals surface area contributed by atoms with Gasteiger partial charge in [-0.25, -0.2) is 0 Å². The Morgan fingerprint density at radius 1 is 0.913 bits per heavy atom. The lowest BCUT2D eigenvalue weighted by atomic mass is 9.95. The number of carbonyl (C=O) groups is 1. The first-order chi connectivity index (χ1) is 10.9. The molecule has 2 rings (SSSR count). The average Bonchev–Trinajstić information content (AvgIpc) is 2.50. The van der Waals surface area contributed by atoms with Gasteiger partial charge >= 0.3 is 0 Å². The van der Waals surface area contributed by atoms with Crippen LogP contribution in [0.5, 0.6) is 5.75 Å². The van der Waals surface area contributed by atoms with Crippen LogP contribution in [0.15, 0.2) is 48.5 Å². The third-order valence-electron chi connectivity index (χ3n) is 3.28. The molecule has 0 saturated heterocycles. The Labute approximate surface area is 137 Å². The largest absolute Gasteiger partial charge is 0.494 e. The van der Waals surface area contributed by atoms with Crippen LogP contribution < -0.4 is 15.4 Å². The van der Waals surface area contributed by atoms with Crippen LogP contribution in [0.3, 0.4) is 0 Å². The van der Waals surface area contributed by atoms with Crippen molar-refractivity contribution in [2.24, 2.45) is 5.41 Å². The molecular formula is C19H24N2O2. The Balaban J connectivity index is 1.98. The van der Waals surface area contributed by atoms with E-state index in [0.717, 1.165) is 22.8 Å². The Morgan fingerprint density at radius 3 is 1.87 bits per heavy atom. The van der Waals surface area contributed by atoms with Crippen LogP contribution in [0.2, 0.25) is 0 Å². The summed E-state index contributed by atoms with van der Waals surface area (Å²) in [4.78, 5) is 12.0. The van der Waals surface area contributed by atoms with E-state index in [0.29, 0.717) is 6.61 Å². The summed E-state index contributed by atoms with van der Waals surface area (Å²) in [6.45, 7) is 8.30. The number of carbonyl (C=O) groups excluding carboxylic acids is 1. The molecule has 4 nitrogen and oxygen atoms in total. The maximum Gasteiger partial charge on any atom is 0.229 e. The molecule has 0 heterocycles. The third-order valence-corrected chi connectivity index (χ3v) is 3.28. The molecule has 0 aliphatic heterocycles. The van der Waals surface area contributed by atoms with Crippen LogP contribution >= 0.6 is 0 Å². The Morgan fingerprint density at radius 2 is 1.39 bits per heavy atom. The lowest BCUT2D eigenvalue weighted by Gasteiger charge is -2.17. The number of anilines is 3. The quantitative estimate of drug-likeness (QED) is 0.832. The molecule has 0 radical (unpaired) electrons. The van der Waals surface area contributed by atoms with Gasteiger partial charge in [0.05, 0.1) is 6.61 Å². The van der Waals surface area contributed by atoms with Crippen molar-refractivity contribution in [3.8, 4) is 5.75 Å². The van der Waals surface area contributed by atoms with Crippen molar-refractivity contribution < 1.29 is 9.53 Å². The van der Waals surface area contributed by atoms with Gasteiger partial charge in [0.15, 0.2) is 0 Å². The Hall–Kier alpha value is -2.49. The summed E-state index contributed by atoms with van der Waals surface area (Å²) in [6.07, 6.45) is 0. The van der Waals surface area contributed by atoms with Crippen LogP contribution in [0, 0.1) is 5.41 Å². The molecule has 0 saturated carbocycles. The zero-order chi connectivity index (χ0) is 16.9. The minimum Gasteiger partial charge on any atom is -0.494 e. The van der Waals surface area contributed by atoms with Crippen molar-refractivity contribution in [2.45, 2.75) is 27.7 Å². The van der Waals surface area contributed by atoms with Crippen LogP contribution in [0.4, 0.5) is 17.1 Å². The summed E-state index contributed by atoms with van der Waals surface area (Å²) < 4.78 is 5.42. The van der Waals surface area contributed by atoms with Gasteiger partial charge in [-0.3, -0.25) is 4.79 Å². The van der Waals surface area contributed by atoms with E-state index in [1.807, 2.05) is 76.2 Å². The normalized spacial score (nSPS) is 11.0. The van der Waals surface area contributed by atoms with E-state index in [4.69, 9.17) is 4.74 Å². The van der Waals surface area contributed by atoms with Crippen molar-refractivity contribution in [3.63, 3.8) is 0 Å². The lowest BCUT2D eigenvalue weighted by Crippen LogP contribution is -2.27. The molecule has 23 heavy (non-hydrogen) atoms. The first-order valence-electron chi connectivity index (χ1n) is 7.80. The summed E-state index contributed by atoms with van der Waals surface area (Å²) in [7, 11) is 0. The summed E-state index contributed by atoms with van der Waals surface area (Å²) in [5.74, 6) is 0.864. The number of amides is 1. The van der Waals surface area contributed by atoms with Gasteiger partial charge in [0, 0.05) is 22.5 Å². The van der Waals surface area contributed by atoms with Crippen LogP contribution in [-0.2, 0) is 4.79 Å². The summed E-state index contributed by atoms with van der Waals surface area (Å²) in [5.41, 5.74) is 2.34. The number of rotatable bonds is 5. The smallest absolute Gasteiger partial charge is 0.229 e. The van der Waals surface area contributed by atoms with E-state index < -0.39 is 5.41 Å². The van der Waals surface area contributed by atoms with E-state index in [9.17, 15) is 4.79 Å². The molecule has 4 heteroatoms. The first-order valence-corrected chi connectivity index (χ1v) is 7.80. The molecule has 0 bridgehead atoms. The van der Waals surface area contributed by atoms with Crippen molar-refractivity contribution >= 4 is 23.0 Å². The van der Waals surface area contributed by atoms with Crippen molar-refractivity contribution in [1.82, 2.24) is 0 Å². The van der Waals surface area contributed by atoms with Gasteiger partial charge in [-0.05, 0) is 55.5 Å². The number of benzene rings is 2. The molecule has 0 aromatic heterocycles. The highest BCUT2D eigenvalue weighted by Gasteiger charge is 2.20. The zero-order valence-electron chi connectivity index (χ0n) is 14.1. The highest BCUT2D eigenvalue weighted by Crippen LogP contribution is 2.22. The van der Waals surface area contributed by atoms with Gasteiger partial charge in [0.25, 0.3) is 0 Å². The third kappa shape index (κ3) is 5.02. The molecule has 0 unspecified atom stereocenters. The van der Waals surface area contributed by atoms with Crippen LogP contribution in [-0.4, -0.2) is 12.5 Å². The van der Waals surface area contributed by atoms with Crippen LogP contribution in [0.1, 0.15) is 27.7 Å². The number of hydrogen-bond acceptors (Lipinski definition) is 3. The van der Waals surface area contributed by atoms with Gasteiger partial charge in [0.2, 0.25) is 5.91 Å². The molecule has 0 fully saturated rings. The number of hydrogen-bond donors (Lipinski definition) is 2. The number of ether oxygens (including phenoxy) is 1.